The van der Waals surface area contributed by atoms with Crippen molar-refractivity contribution in [3.05, 3.63) is 57.5 Å². The first-order chi connectivity index (χ1) is 15.6. The Hall–Kier alpha value is -2.22. The quantitative estimate of drug-likeness (QED) is 0.603. The molecule has 2 fully saturated rings. The molecule has 0 saturated carbocycles. The molecule has 1 N–H and O–H groups in total. The lowest BCUT2D eigenvalue weighted by Crippen LogP contribution is -2.38. The van der Waals surface area contributed by atoms with Gasteiger partial charge in [-0.2, -0.15) is 0 Å². The summed E-state index contributed by atoms with van der Waals surface area (Å²) in [5.41, 5.74) is 0.709. The van der Waals surface area contributed by atoms with Crippen LogP contribution in [0.15, 0.2) is 42.6 Å². The molecular weight excluding hydrogens is 444 g/mol. The maximum atomic E-state index is 12.5. The number of nitrogens with zero attached hydrogens (tertiary/aromatic N) is 3. The van der Waals surface area contributed by atoms with Gasteiger partial charge in [-0.1, -0.05) is 17.7 Å². The summed E-state index contributed by atoms with van der Waals surface area (Å²) in [6.45, 7) is 4.73. The number of anilines is 1. The molecule has 0 unspecified atom stereocenters. The van der Waals surface area contributed by atoms with Crippen LogP contribution < -0.4 is 5.32 Å². The van der Waals surface area contributed by atoms with Crippen LogP contribution in [0.4, 0.5) is 5.69 Å². The fourth-order valence-corrected chi connectivity index (χ4v) is 5.27. The predicted molar refractivity (Wildman–Crippen MR) is 129 cm³/mol. The van der Waals surface area contributed by atoms with E-state index in [1.807, 2.05) is 11.0 Å². The van der Waals surface area contributed by atoms with Crippen molar-refractivity contribution in [2.75, 3.05) is 38.0 Å². The van der Waals surface area contributed by atoms with Gasteiger partial charge in [0.05, 0.1) is 11.2 Å². The number of piperidine rings is 1. The smallest absolute Gasteiger partial charge is 0.267 e. The molecule has 2 amide bonds. The van der Waals surface area contributed by atoms with Gasteiger partial charge in [0.2, 0.25) is 5.91 Å². The standard InChI is InChI=1S/C24H29ClN4O2S/c25-19-5-7-20(8-6-19)27-24(31)21-17-26-22(32-21)16-18-9-14-29(15-10-18)23(30)4-3-13-28-11-1-2-12-28/h3-8,17-18H,1-2,9-16H2,(H,27,31)/b4-3+. The van der Waals surface area contributed by atoms with Crippen molar-refractivity contribution in [2.24, 2.45) is 5.92 Å². The van der Waals surface area contributed by atoms with E-state index in [0.29, 0.717) is 21.5 Å². The first kappa shape index (κ1) is 23.0. The third kappa shape index (κ3) is 6.40. The second-order valence-electron chi connectivity index (χ2n) is 8.46. The average Bonchev–Trinajstić information content (AvgIpc) is 3.48. The Bertz CT molecular complexity index is 945. The van der Waals surface area contributed by atoms with Crippen LogP contribution in [0.3, 0.4) is 0 Å². The molecule has 2 aromatic rings. The topological polar surface area (TPSA) is 65.5 Å². The molecule has 2 saturated heterocycles. The van der Waals surface area contributed by atoms with Crippen LogP contribution in [0.25, 0.3) is 0 Å². The maximum absolute atomic E-state index is 12.5. The van der Waals surface area contributed by atoms with E-state index in [4.69, 9.17) is 11.6 Å². The average molecular weight is 473 g/mol. The maximum Gasteiger partial charge on any atom is 0.267 e. The molecule has 0 atom stereocenters. The number of carbonyl (C=O) groups excluding carboxylic acids is 2. The third-order valence-corrected chi connectivity index (χ3v) is 7.36. The van der Waals surface area contributed by atoms with Gasteiger partial charge in [-0.3, -0.25) is 14.5 Å². The van der Waals surface area contributed by atoms with Crippen molar-refractivity contribution in [1.82, 2.24) is 14.8 Å². The Balaban J connectivity index is 1.21. The highest BCUT2D eigenvalue weighted by molar-refractivity contribution is 7.13. The Labute approximate surface area is 198 Å². The minimum absolute atomic E-state index is 0.123. The van der Waals surface area contributed by atoms with Gasteiger partial charge < -0.3 is 10.2 Å². The highest BCUT2D eigenvalue weighted by Crippen LogP contribution is 2.25. The Morgan fingerprint density at radius 1 is 1.12 bits per heavy atom. The first-order valence-electron chi connectivity index (χ1n) is 11.3. The van der Waals surface area contributed by atoms with Crippen molar-refractivity contribution in [2.45, 2.75) is 32.1 Å². The van der Waals surface area contributed by atoms with E-state index in [2.05, 4.69) is 15.2 Å². The largest absolute Gasteiger partial charge is 0.339 e. The van der Waals surface area contributed by atoms with E-state index in [-0.39, 0.29) is 11.8 Å². The molecule has 0 spiro atoms. The third-order valence-electron chi connectivity index (χ3n) is 6.09. The summed E-state index contributed by atoms with van der Waals surface area (Å²) in [4.78, 5) is 34.3. The second-order valence-corrected chi connectivity index (χ2v) is 10.0. The number of hydrogen-bond donors (Lipinski definition) is 1. The summed E-state index contributed by atoms with van der Waals surface area (Å²) in [7, 11) is 0. The van der Waals surface area contributed by atoms with Crippen molar-refractivity contribution in [3.63, 3.8) is 0 Å². The minimum Gasteiger partial charge on any atom is -0.339 e. The molecule has 170 valence electrons. The van der Waals surface area contributed by atoms with Crippen LogP contribution in [0, 0.1) is 5.92 Å². The van der Waals surface area contributed by atoms with Gasteiger partial charge in [0.15, 0.2) is 0 Å². The zero-order valence-corrected chi connectivity index (χ0v) is 19.7. The summed E-state index contributed by atoms with van der Waals surface area (Å²) in [6.07, 6.45) is 10.7. The summed E-state index contributed by atoms with van der Waals surface area (Å²) >= 11 is 7.33. The summed E-state index contributed by atoms with van der Waals surface area (Å²) in [5.74, 6) is 0.459. The molecule has 32 heavy (non-hydrogen) atoms. The number of benzene rings is 1. The van der Waals surface area contributed by atoms with Crippen molar-refractivity contribution in [3.8, 4) is 0 Å². The lowest BCUT2D eigenvalue weighted by atomic mass is 9.94. The van der Waals surface area contributed by atoms with Crippen molar-refractivity contribution < 1.29 is 9.59 Å². The lowest BCUT2D eigenvalue weighted by Gasteiger charge is -2.31. The highest BCUT2D eigenvalue weighted by Gasteiger charge is 2.23. The zero-order chi connectivity index (χ0) is 22.3. The number of nitrogens with one attached hydrogen (secondary N) is 1. The summed E-state index contributed by atoms with van der Waals surface area (Å²) in [6, 6.07) is 7.04. The number of amides is 2. The summed E-state index contributed by atoms with van der Waals surface area (Å²) < 4.78 is 0. The van der Waals surface area contributed by atoms with Gasteiger partial charge in [0.25, 0.3) is 5.91 Å². The lowest BCUT2D eigenvalue weighted by molar-refractivity contribution is -0.127. The second kappa shape index (κ2) is 11.1. The van der Waals surface area contributed by atoms with Crippen LogP contribution in [-0.2, 0) is 11.2 Å². The van der Waals surface area contributed by atoms with E-state index >= 15 is 0 Å². The SMILES string of the molecule is O=C(Nc1ccc(Cl)cc1)c1cnc(CC2CCN(C(=O)/C=C/CN3CCCC3)CC2)s1. The molecule has 0 bridgehead atoms. The van der Waals surface area contributed by atoms with Gasteiger partial charge in [0.1, 0.15) is 4.88 Å². The number of likely N-dealkylation sites (tertiary alicyclic amines) is 2. The molecule has 4 rings (SSSR count). The number of rotatable bonds is 7. The predicted octanol–water partition coefficient (Wildman–Crippen LogP) is 4.48. The van der Waals surface area contributed by atoms with E-state index < -0.39 is 0 Å². The Kier molecular flexibility index (Phi) is 7.95. The molecule has 2 aliphatic rings. The molecule has 2 aliphatic heterocycles. The van der Waals surface area contributed by atoms with Crippen LogP contribution in [0.1, 0.15) is 40.4 Å². The molecule has 0 aliphatic carbocycles. The number of thiazole rings is 1. The molecule has 3 heterocycles. The van der Waals surface area contributed by atoms with Gasteiger partial charge in [-0.05, 0) is 69.0 Å². The van der Waals surface area contributed by atoms with Crippen molar-refractivity contribution in [1.29, 1.82) is 0 Å². The van der Waals surface area contributed by atoms with E-state index in [9.17, 15) is 9.59 Å². The highest BCUT2D eigenvalue weighted by atomic mass is 35.5. The number of carbonyl (C=O) groups is 2. The van der Waals surface area contributed by atoms with Gasteiger partial charge in [-0.25, -0.2) is 4.98 Å². The minimum atomic E-state index is -0.155. The number of halogens is 1. The van der Waals surface area contributed by atoms with Gasteiger partial charge in [0, 0.05) is 42.8 Å². The zero-order valence-electron chi connectivity index (χ0n) is 18.1. The Morgan fingerprint density at radius 3 is 2.56 bits per heavy atom. The molecule has 1 aromatic heterocycles. The fraction of sp³-hybridized carbons (Fsp3) is 0.458. The van der Waals surface area contributed by atoms with Gasteiger partial charge in [-0.15, -0.1) is 11.3 Å². The van der Waals surface area contributed by atoms with Crippen molar-refractivity contribution >= 4 is 40.4 Å². The van der Waals surface area contributed by atoms with Crippen LogP contribution in [0.2, 0.25) is 5.02 Å². The molecule has 6 nitrogen and oxygen atoms in total. The van der Waals surface area contributed by atoms with Crippen LogP contribution in [0.5, 0.6) is 0 Å². The monoisotopic (exact) mass is 472 g/mol. The molecule has 1 aromatic carbocycles. The van der Waals surface area contributed by atoms with Crippen LogP contribution in [-0.4, -0.2) is 59.3 Å². The fourth-order valence-electron chi connectivity index (χ4n) is 4.21. The van der Waals surface area contributed by atoms with E-state index in [0.717, 1.165) is 57.0 Å². The Morgan fingerprint density at radius 2 is 1.84 bits per heavy atom. The number of aromatic nitrogens is 1. The first-order valence-corrected chi connectivity index (χ1v) is 12.5. The molecule has 0 radical (unpaired) electrons. The van der Waals surface area contributed by atoms with Crippen LogP contribution >= 0.6 is 22.9 Å². The molecule has 8 heteroatoms. The van der Waals surface area contributed by atoms with Gasteiger partial charge >= 0.3 is 0 Å². The summed E-state index contributed by atoms with van der Waals surface area (Å²) in [5, 5.41) is 4.48. The van der Waals surface area contributed by atoms with E-state index in [1.54, 1.807) is 36.5 Å². The number of hydrogen-bond acceptors (Lipinski definition) is 5. The molecular formula is C24H29ClN4O2S. The van der Waals surface area contributed by atoms with E-state index in [1.165, 1.54) is 24.2 Å². The normalized spacial score (nSPS) is 17.8.